The molecule has 2 nitrogen and oxygen atoms in total. The summed E-state index contributed by atoms with van der Waals surface area (Å²) in [4.78, 5) is 14.7. The number of allylic oxidation sites excluding steroid dienone is 1. The van der Waals surface area contributed by atoms with Crippen LogP contribution in [0.3, 0.4) is 0 Å². The summed E-state index contributed by atoms with van der Waals surface area (Å²) in [5, 5.41) is 0. The van der Waals surface area contributed by atoms with Gasteiger partial charge in [-0.2, -0.15) is 0 Å². The Balaban J connectivity index is 2.98. The Kier molecular flexibility index (Phi) is 2.22. The Morgan fingerprint density at radius 3 is 2.45 bits per heavy atom. The van der Waals surface area contributed by atoms with E-state index in [-0.39, 0.29) is 6.04 Å². The molecular formula is C9H13NO. The third-order valence-electron chi connectivity index (χ3n) is 2.17. The maximum absolute atomic E-state index is 10.5. The minimum Gasteiger partial charge on any atom is -0.301 e. The van der Waals surface area contributed by atoms with E-state index in [4.69, 9.17) is 0 Å². The average molecular weight is 151 g/mol. The summed E-state index contributed by atoms with van der Waals surface area (Å²) in [5.74, 6) is 0. The molecule has 1 atom stereocenters. The number of hydrogen-bond acceptors (Lipinski definition) is 2. The lowest BCUT2D eigenvalue weighted by atomic mass is 10.0. The van der Waals surface area contributed by atoms with Crippen LogP contribution in [-0.2, 0) is 4.79 Å². The van der Waals surface area contributed by atoms with Crippen LogP contribution in [0.4, 0.5) is 0 Å². The number of carbonyl (C=O) groups is 1. The average Bonchev–Trinajstić information content (AvgIpc) is 2.26. The SMILES string of the molecule is CCC1=C(C)C(C=O)N=C1C. The van der Waals surface area contributed by atoms with E-state index in [9.17, 15) is 4.79 Å². The lowest BCUT2D eigenvalue weighted by molar-refractivity contribution is -0.108. The third kappa shape index (κ3) is 1.25. The van der Waals surface area contributed by atoms with Crippen molar-refractivity contribution in [3.63, 3.8) is 0 Å². The van der Waals surface area contributed by atoms with E-state index in [0.29, 0.717) is 0 Å². The van der Waals surface area contributed by atoms with Crippen molar-refractivity contribution in [2.75, 3.05) is 0 Å². The fourth-order valence-corrected chi connectivity index (χ4v) is 1.51. The lowest BCUT2D eigenvalue weighted by Crippen LogP contribution is -2.03. The summed E-state index contributed by atoms with van der Waals surface area (Å²) < 4.78 is 0. The van der Waals surface area contributed by atoms with Crippen molar-refractivity contribution in [3.05, 3.63) is 11.1 Å². The van der Waals surface area contributed by atoms with E-state index in [2.05, 4.69) is 11.9 Å². The summed E-state index contributed by atoms with van der Waals surface area (Å²) in [6.45, 7) is 6.04. The predicted molar refractivity (Wildman–Crippen MR) is 46.0 cm³/mol. The van der Waals surface area contributed by atoms with Crippen LogP contribution in [0.5, 0.6) is 0 Å². The second-order valence-electron chi connectivity index (χ2n) is 2.81. The molecule has 0 aromatic rings. The van der Waals surface area contributed by atoms with Gasteiger partial charge in [0.15, 0.2) is 0 Å². The Hall–Kier alpha value is -0.920. The van der Waals surface area contributed by atoms with E-state index in [0.717, 1.165) is 24.0 Å². The van der Waals surface area contributed by atoms with Crippen molar-refractivity contribution in [2.45, 2.75) is 33.2 Å². The van der Waals surface area contributed by atoms with E-state index >= 15 is 0 Å². The second-order valence-corrected chi connectivity index (χ2v) is 2.81. The van der Waals surface area contributed by atoms with Crippen molar-refractivity contribution in [1.29, 1.82) is 0 Å². The Morgan fingerprint density at radius 2 is 2.18 bits per heavy atom. The van der Waals surface area contributed by atoms with Crippen LogP contribution in [0.1, 0.15) is 27.2 Å². The zero-order chi connectivity index (χ0) is 8.43. The first-order chi connectivity index (χ1) is 5.20. The molecule has 0 aromatic carbocycles. The highest BCUT2D eigenvalue weighted by Gasteiger charge is 2.19. The predicted octanol–water partition coefficient (Wildman–Crippen LogP) is 1.75. The number of hydrogen-bond donors (Lipinski definition) is 0. The molecule has 1 heterocycles. The van der Waals surface area contributed by atoms with Crippen LogP contribution in [0, 0.1) is 0 Å². The molecule has 11 heavy (non-hydrogen) atoms. The number of carbonyl (C=O) groups excluding carboxylic acids is 1. The van der Waals surface area contributed by atoms with Crippen LogP contribution in [0.25, 0.3) is 0 Å². The Morgan fingerprint density at radius 1 is 1.55 bits per heavy atom. The first-order valence-corrected chi connectivity index (χ1v) is 3.90. The van der Waals surface area contributed by atoms with Gasteiger partial charge in [-0.25, -0.2) is 0 Å². The van der Waals surface area contributed by atoms with Gasteiger partial charge >= 0.3 is 0 Å². The standard InChI is InChI=1S/C9H13NO/c1-4-8-6(2)9(5-11)10-7(8)3/h5,9H,4H2,1-3H3. The molecule has 60 valence electrons. The second kappa shape index (κ2) is 2.99. The molecule has 0 saturated carbocycles. The summed E-state index contributed by atoms with van der Waals surface area (Å²) in [5.41, 5.74) is 3.41. The number of rotatable bonds is 2. The van der Waals surface area contributed by atoms with Gasteiger partial charge in [-0.05, 0) is 31.4 Å². The summed E-state index contributed by atoms with van der Waals surface area (Å²) in [6, 6.07) is -0.190. The van der Waals surface area contributed by atoms with E-state index < -0.39 is 0 Å². The molecule has 1 aliphatic rings. The molecule has 2 heteroatoms. The largest absolute Gasteiger partial charge is 0.301 e. The number of nitrogens with zero attached hydrogens (tertiary/aromatic N) is 1. The third-order valence-corrected chi connectivity index (χ3v) is 2.17. The fourth-order valence-electron chi connectivity index (χ4n) is 1.51. The van der Waals surface area contributed by atoms with Crippen molar-refractivity contribution < 1.29 is 4.79 Å². The van der Waals surface area contributed by atoms with E-state index in [1.165, 1.54) is 5.57 Å². The van der Waals surface area contributed by atoms with Crippen molar-refractivity contribution in [3.8, 4) is 0 Å². The van der Waals surface area contributed by atoms with Crippen LogP contribution >= 0.6 is 0 Å². The maximum Gasteiger partial charge on any atom is 0.148 e. The highest BCUT2D eigenvalue weighted by atomic mass is 16.1. The summed E-state index contributed by atoms with van der Waals surface area (Å²) in [6.07, 6.45) is 1.88. The van der Waals surface area contributed by atoms with E-state index in [1.54, 1.807) is 0 Å². The topological polar surface area (TPSA) is 29.4 Å². The molecule has 0 N–H and O–H groups in total. The Labute approximate surface area is 67.0 Å². The zero-order valence-corrected chi connectivity index (χ0v) is 7.22. The highest BCUT2D eigenvalue weighted by Crippen LogP contribution is 2.22. The monoisotopic (exact) mass is 151 g/mol. The normalized spacial score (nSPS) is 23.9. The van der Waals surface area contributed by atoms with Crippen LogP contribution in [0.15, 0.2) is 16.1 Å². The molecule has 1 aliphatic heterocycles. The van der Waals surface area contributed by atoms with Gasteiger partial charge in [0.05, 0.1) is 0 Å². The number of aliphatic imine (C=N–C) groups is 1. The minimum atomic E-state index is -0.190. The molecule has 1 unspecified atom stereocenters. The minimum absolute atomic E-state index is 0.190. The first-order valence-electron chi connectivity index (χ1n) is 3.90. The van der Waals surface area contributed by atoms with Crippen LogP contribution < -0.4 is 0 Å². The van der Waals surface area contributed by atoms with Gasteiger partial charge in [-0.1, -0.05) is 6.92 Å². The van der Waals surface area contributed by atoms with Gasteiger partial charge in [-0.15, -0.1) is 0 Å². The van der Waals surface area contributed by atoms with E-state index in [1.807, 2.05) is 13.8 Å². The summed E-state index contributed by atoms with van der Waals surface area (Å²) >= 11 is 0. The van der Waals surface area contributed by atoms with Crippen molar-refractivity contribution in [1.82, 2.24) is 0 Å². The van der Waals surface area contributed by atoms with Crippen LogP contribution in [0.2, 0.25) is 0 Å². The highest BCUT2D eigenvalue weighted by molar-refractivity contribution is 6.03. The van der Waals surface area contributed by atoms with Crippen molar-refractivity contribution >= 4 is 12.0 Å². The van der Waals surface area contributed by atoms with Gasteiger partial charge in [-0.3, -0.25) is 4.99 Å². The quantitative estimate of drug-likeness (QED) is 0.553. The fraction of sp³-hybridized carbons (Fsp3) is 0.556. The smallest absolute Gasteiger partial charge is 0.148 e. The number of aldehydes is 1. The maximum atomic E-state index is 10.5. The molecule has 0 fully saturated rings. The van der Waals surface area contributed by atoms with Gasteiger partial charge < -0.3 is 4.79 Å². The van der Waals surface area contributed by atoms with Gasteiger partial charge in [0.25, 0.3) is 0 Å². The molecule has 0 aromatic heterocycles. The molecule has 0 aliphatic carbocycles. The zero-order valence-electron chi connectivity index (χ0n) is 7.22. The molecule has 0 saturated heterocycles. The molecule has 1 rings (SSSR count). The molecule has 0 amide bonds. The molecular weight excluding hydrogens is 138 g/mol. The van der Waals surface area contributed by atoms with Crippen LogP contribution in [-0.4, -0.2) is 18.0 Å². The Bertz CT molecular complexity index is 238. The van der Waals surface area contributed by atoms with Gasteiger partial charge in [0, 0.05) is 5.71 Å². The first kappa shape index (κ1) is 8.18. The van der Waals surface area contributed by atoms with Crippen molar-refractivity contribution in [2.24, 2.45) is 4.99 Å². The van der Waals surface area contributed by atoms with Gasteiger partial charge in [0.2, 0.25) is 0 Å². The molecule has 0 bridgehead atoms. The van der Waals surface area contributed by atoms with Gasteiger partial charge in [0.1, 0.15) is 12.3 Å². The summed E-state index contributed by atoms with van der Waals surface area (Å²) in [7, 11) is 0. The molecule has 0 spiro atoms. The molecule has 0 radical (unpaired) electrons. The lowest BCUT2D eigenvalue weighted by Gasteiger charge is -2.00.